The molecule has 3 N–H and O–H groups in total. The topological polar surface area (TPSA) is 97.8 Å². The van der Waals surface area contributed by atoms with Gasteiger partial charge in [0.2, 0.25) is 0 Å². The van der Waals surface area contributed by atoms with E-state index in [9.17, 15) is 18.4 Å². The molecule has 0 aromatic heterocycles. The summed E-state index contributed by atoms with van der Waals surface area (Å²) in [6, 6.07) is 4.90. The minimum absolute atomic E-state index is 0.0562. The first-order chi connectivity index (χ1) is 16.8. The molecule has 1 aromatic carbocycles. The van der Waals surface area contributed by atoms with Crippen LogP contribution >= 0.6 is 0 Å². The van der Waals surface area contributed by atoms with Gasteiger partial charge in [0.25, 0.3) is 12.3 Å². The van der Waals surface area contributed by atoms with Crippen LogP contribution < -0.4 is 15.4 Å². The maximum Gasteiger partial charge on any atom is 0.322 e. The molecular weight excluding hydrogens is 456 g/mol. The zero-order valence-electron chi connectivity index (χ0n) is 20.5. The third-order valence-corrected chi connectivity index (χ3v) is 6.74. The Morgan fingerprint density at radius 1 is 1.17 bits per heavy atom. The van der Waals surface area contributed by atoms with Crippen LogP contribution in [0.25, 0.3) is 0 Å². The number of piperidine rings is 1. The molecule has 35 heavy (non-hydrogen) atoms. The number of carbonyl (C=O) groups is 2. The van der Waals surface area contributed by atoms with E-state index in [2.05, 4.69) is 10.2 Å². The fourth-order valence-electron chi connectivity index (χ4n) is 4.65. The Balaban J connectivity index is 1.31. The number of benzene rings is 1. The van der Waals surface area contributed by atoms with Crippen molar-refractivity contribution in [1.82, 2.24) is 20.4 Å². The number of halogens is 2. The van der Waals surface area contributed by atoms with Crippen molar-refractivity contribution >= 4 is 17.8 Å². The molecule has 2 saturated heterocycles. The molecule has 0 atom stereocenters. The van der Waals surface area contributed by atoms with Gasteiger partial charge in [-0.15, -0.1) is 0 Å². The van der Waals surface area contributed by atoms with E-state index in [4.69, 9.17) is 10.1 Å². The number of alkyl halides is 2. The van der Waals surface area contributed by atoms with Crippen LogP contribution in [0.15, 0.2) is 18.2 Å². The van der Waals surface area contributed by atoms with Crippen molar-refractivity contribution in [2.45, 2.75) is 51.9 Å². The summed E-state index contributed by atoms with van der Waals surface area (Å²) >= 11 is 0. The van der Waals surface area contributed by atoms with Crippen LogP contribution in [0.2, 0.25) is 0 Å². The summed E-state index contributed by atoms with van der Waals surface area (Å²) in [5.74, 6) is 0.0738. The van der Waals surface area contributed by atoms with Crippen LogP contribution in [0.1, 0.15) is 54.4 Å². The van der Waals surface area contributed by atoms with Crippen molar-refractivity contribution in [3.05, 3.63) is 29.3 Å². The summed E-state index contributed by atoms with van der Waals surface area (Å²) in [6.07, 6.45) is 2.93. The molecule has 194 valence electrons. The number of amidine groups is 1. The van der Waals surface area contributed by atoms with Gasteiger partial charge >= 0.3 is 6.03 Å². The van der Waals surface area contributed by atoms with E-state index >= 15 is 0 Å². The third kappa shape index (κ3) is 8.45. The van der Waals surface area contributed by atoms with Crippen LogP contribution in [0, 0.1) is 18.3 Å². The first-order valence-electron chi connectivity index (χ1n) is 12.5. The second kappa shape index (κ2) is 13.4. The molecule has 2 aliphatic heterocycles. The molecule has 3 rings (SSSR count). The molecule has 2 aliphatic rings. The Morgan fingerprint density at radius 2 is 1.89 bits per heavy atom. The van der Waals surface area contributed by atoms with Crippen molar-refractivity contribution in [2.75, 3.05) is 45.9 Å². The molecule has 0 saturated carbocycles. The summed E-state index contributed by atoms with van der Waals surface area (Å²) < 4.78 is 30.7. The minimum Gasteiger partial charge on any atom is -0.494 e. The number of amides is 3. The molecule has 0 unspecified atom stereocenters. The Morgan fingerprint density at radius 3 is 2.54 bits per heavy atom. The molecular formula is C25H37F2N5O3. The first kappa shape index (κ1) is 26.8. The Kier molecular flexibility index (Phi) is 10.3. The summed E-state index contributed by atoms with van der Waals surface area (Å²) in [5.41, 5.74) is 1.55. The smallest absolute Gasteiger partial charge is 0.322 e. The SMILES string of the molecule is Cc1cc(OCCCC2CCN(C(=O)NC(=N)C(F)F)CC2)ccc1C(=O)NCCN1CCCC1. The lowest BCUT2D eigenvalue weighted by Crippen LogP contribution is -2.47. The standard InChI is InChI=1S/C25H37F2N5O3/c1-18-17-20(6-7-21(18)24(33)29-10-15-31-11-2-3-12-31)35-16-4-5-19-8-13-32(14-9-19)25(34)30-23(28)22(26)27/h6-7,17,19,22H,2-5,8-16H2,1H3,(H,29,33)(H2,28,30,34). The maximum absolute atomic E-state index is 12.5. The van der Waals surface area contributed by atoms with Gasteiger partial charge in [-0.05, 0) is 88.2 Å². The number of nitrogens with zero attached hydrogens (tertiary/aromatic N) is 2. The van der Waals surface area contributed by atoms with Gasteiger partial charge in [0, 0.05) is 31.7 Å². The highest BCUT2D eigenvalue weighted by Gasteiger charge is 2.24. The Hall–Kier alpha value is -2.75. The average molecular weight is 494 g/mol. The Labute approximate surface area is 205 Å². The molecule has 0 radical (unpaired) electrons. The quantitative estimate of drug-likeness (QED) is 0.263. The third-order valence-electron chi connectivity index (χ3n) is 6.74. The molecule has 8 nitrogen and oxygen atoms in total. The first-order valence-corrected chi connectivity index (χ1v) is 12.5. The number of hydrogen-bond acceptors (Lipinski definition) is 5. The van der Waals surface area contributed by atoms with E-state index < -0.39 is 18.3 Å². The van der Waals surface area contributed by atoms with E-state index in [1.165, 1.54) is 17.7 Å². The molecule has 2 fully saturated rings. The number of carbonyl (C=O) groups excluding carboxylic acids is 2. The number of ether oxygens (including phenoxy) is 1. The van der Waals surface area contributed by atoms with E-state index in [1.54, 1.807) is 0 Å². The maximum atomic E-state index is 12.5. The lowest BCUT2D eigenvalue weighted by molar-refractivity contribution is 0.0949. The van der Waals surface area contributed by atoms with Crippen molar-refractivity contribution in [1.29, 1.82) is 5.41 Å². The number of aryl methyl sites for hydroxylation is 1. The number of urea groups is 1. The van der Waals surface area contributed by atoms with Gasteiger partial charge in [-0.2, -0.15) is 0 Å². The van der Waals surface area contributed by atoms with E-state index in [-0.39, 0.29) is 5.91 Å². The molecule has 10 heteroatoms. The van der Waals surface area contributed by atoms with E-state index in [1.807, 2.05) is 30.4 Å². The molecule has 0 spiro atoms. The van der Waals surface area contributed by atoms with Crippen LogP contribution in [0.4, 0.5) is 13.6 Å². The predicted molar refractivity (Wildman–Crippen MR) is 130 cm³/mol. The van der Waals surface area contributed by atoms with E-state index in [0.29, 0.717) is 37.7 Å². The highest BCUT2D eigenvalue weighted by Crippen LogP contribution is 2.23. The fourth-order valence-corrected chi connectivity index (χ4v) is 4.65. The van der Waals surface area contributed by atoms with Crippen molar-refractivity contribution in [3.63, 3.8) is 0 Å². The van der Waals surface area contributed by atoms with Gasteiger partial charge in [-0.25, -0.2) is 13.6 Å². The van der Waals surface area contributed by atoms with Crippen LogP contribution in [-0.2, 0) is 0 Å². The lowest BCUT2D eigenvalue weighted by atomic mass is 9.92. The van der Waals surface area contributed by atoms with Gasteiger partial charge in [0.15, 0.2) is 5.84 Å². The average Bonchev–Trinajstić information content (AvgIpc) is 3.35. The molecule has 2 heterocycles. The zero-order valence-corrected chi connectivity index (χ0v) is 20.5. The predicted octanol–water partition coefficient (Wildman–Crippen LogP) is 3.64. The van der Waals surface area contributed by atoms with Crippen LogP contribution in [0.3, 0.4) is 0 Å². The summed E-state index contributed by atoms with van der Waals surface area (Å²) in [7, 11) is 0. The number of likely N-dealkylation sites (tertiary alicyclic amines) is 2. The largest absolute Gasteiger partial charge is 0.494 e. The van der Waals surface area contributed by atoms with Gasteiger partial charge in [0.1, 0.15) is 5.75 Å². The van der Waals surface area contributed by atoms with Gasteiger partial charge in [-0.3, -0.25) is 15.5 Å². The highest BCUT2D eigenvalue weighted by atomic mass is 19.3. The molecule has 0 bridgehead atoms. The lowest BCUT2D eigenvalue weighted by Gasteiger charge is -2.32. The number of rotatable bonds is 10. The van der Waals surface area contributed by atoms with Crippen LogP contribution in [-0.4, -0.2) is 79.9 Å². The molecule has 1 aromatic rings. The number of nitrogens with one attached hydrogen (secondary N) is 3. The molecule has 3 amide bonds. The summed E-state index contributed by atoms with van der Waals surface area (Å²) in [6.45, 7) is 7.24. The monoisotopic (exact) mass is 493 g/mol. The fraction of sp³-hybridized carbons (Fsp3) is 0.640. The van der Waals surface area contributed by atoms with Gasteiger partial charge in [-0.1, -0.05) is 0 Å². The minimum atomic E-state index is -2.97. The molecule has 0 aliphatic carbocycles. The normalized spacial score (nSPS) is 17.0. The van der Waals surface area contributed by atoms with Crippen molar-refractivity contribution in [2.24, 2.45) is 5.92 Å². The summed E-state index contributed by atoms with van der Waals surface area (Å²) in [4.78, 5) is 28.3. The zero-order chi connectivity index (χ0) is 25.2. The Bertz CT molecular complexity index is 869. The summed E-state index contributed by atoms with van der Waals surface area (Å²) in [5, 5.41) is 12.0. The van der Waals surface area contributed by atoms with Gasteiger partial charge in [0.05, 0.1) is 6.61 Å². The van der Waals surface area contributed by atoms with Gasteiger partial charge < -0.3 is 19.9 Å². The van der Waals surface area contributed by atoms with E-state index in [0.717, 1.165) is 56.6 Å². The van der Waals surface area contributed by atoms with Crippen molar-refractivity contribution in [3.8, 4) is 5.75 Å². The second-order valence-electron chi connectivity index (χ2n) is 9.35. The number of hydrogen-bond donors (Lipinski definition) is 3. The van der Waals surface area contributed by atoms with Crippen LogP contribution in [0.5, 0.6) is 5.75 Å². The van der Waals surface area contributed by atoms with Crippen molar-refractivity contribution < 1.29 is 23.1 Å². The second-order valence-corrected chi connectivity index (χ2v) is 9.35. The highest BCUT2D eigenvalue weighted by molar-refractivity contribution is 5.97.